The van der Waals surface area contributed by atoms with Gasteiger partial charge in [-0.15, -0.1) is 0 Å². The van der Waals surface area contributed by atoms with E-state index >= 15 is 0 Å². The van der Waals surface area contributed by atoms with Crippen LogP contribution in [-0.4, -0.2) is 55.1 Å². The third kappa shape index (κ3) is 7.36. The first-order chi connectivity index (χ1) is 17.2. The first-order valence-corrected chi connectivity index (χ1v) is 14.0. The van der Waals surface area contributed by atoms with E-state index in [2.05, 4.69) is 5.32 Å². The van der Waals surface area contributed by atoms with Crippen molar-refractivity contribution in [1.29, 1.82) is 0 Å². The molecule has 1 saturated carbocycles. The molecular weight excluding hydrogens is 481 g/mol. The van der Waals surface area contributed by atoms with Crippen molar-refractivity contribution >= 4 is 21.8 Å². The SMILES string of the molecule is CC(C(=O)NC1CCCCC1)N(Cc1ccccc1F)C(=O)CCCN(C)S(=O)(=O)c1ccccc1. The molecule has 9 heteroatoms. The smallest absolute Gasteiger partial charge is 0.242 e. The molecule has 2 amide bonds. The molecule has 0 aliphatic heterocycles. The summed E-state index contributed by atoms with van der Waals surface area (Å²) >= 11 is 0. The summed E-state index contributed by atoms with van der Waals surface area (Å²) < 4.78 is 41.1. The Morgan fingerprint density at radius 1 is 1.03 bits per heavy atom. The molecule has 1 aliphatic carbocycles. The fraction of sp³-hybridized carbons (Fsp3) is 0.481. The third-order valence-electron chi connectivity index (χ3n) is 6.73. The summed E-state index contributed by atoms with van der Waals surface area (Å²) in [6, 6.07) is 13.6. The van der Waals surface area contributed by atoms with Crippen molar-refractivity contribution in [2.75, 3.05) is 13.6 Å². The van der Waals surface area contributed by atoms with Crippen LogP contribution in [0.5, 0.6) is 0 Å². The molecule has 1 atom stereocenters. The van der Waals surface area contributed by atoms with Gasteiger partial charge in [-0.2, -0.15) is 0 Å². The Labute approximate surface area is 213 Å². The molecular formula is C27H36FN3O4S. The minimum Gasteiger partial charge on any atom is -0.352 e. The van der Waals surface area contributed by atoms with E-state index in [1.807, 2.05) is 0 Å². The second kappa shape index (κ2) is 13.0. The quantitative estimate of drug-likeness (QED) is 0.486. The molecule has 1 unspecified atom stereocenters. The van der Waals surface area contributed by atoms with Gasteiger partial charge >= 0.3 is 0 Å². The molecule has 3 rings (SSSR count). The van der Waals surface area contributed by atoms with Gasteiger partial charge in [0.05, 0.1) is 4.90 Å². The summed E-state index contributed by atoms with van der Waals surface area (Å²) in [5.74, 6) is -1.02. The number of nitrogens with one attached hydrogen (secondary N) is 1. The Morgan fingerprint density at radius 3 is 2.33 bits per heavy atom. The van der Waals surface area contributed by atoms with Crippen LogP contribution in [0.1, 0.15) is 57.4 Å². The topological polar surface area (TPSA) is 86.8 Å². The first kappa shape index (κ1) is 27.8. The fourth-order valence-electron chi connectivity index (χ4n) is 4.45. The van der Waals surface area contributed by atoms with E-state index in [-0.39, 0.29) is 48.7 Å². The Kier molecular flexibility index (Phi) is 10.0. The van der Waals surface area contributed by atoms with Gasteiger partial charge in [0.1, 0.15) is 11.9 Å². The Bertz CT molecular complexity index is 1120. The van der Waals surface area contributed by atoms with Crippen molar-refractivity contribution in [3.63, 3.8) is 0 Å². The van der Waals surface area contributed by atoms with E-state index in [9.17, 15) is 22.4 Å². The van der Waals surface area contributed by atoms with E-state index in [0.29, 0.717) is 5.56 Å². The van der Waals surface area contributed by atoms with Crippen molar-refractivity contribution in [2.24, 2.45) is 0 Å². The maximum absolute atomic E-state index is 14.4. The summed E-state index contributed by atoms with van der Waals surface area (Å²) in [7, 11) is -2.19. The number of rotatable bonds is 11. The number of sulfonamides is 1. The van der Waals surface area contributed by atoms with Crippen LogP contribution >= 0.6 is 0 Å². The van der Waals surface area contributed by atoms with E-state index in [1.165, 1.54) is 34.5 Å². The standard InChI is InChI=1S/C27H36FN3O4S/c1-21(27(33)29-23-13-5-3-6-14-23)31(20-22-12-9-10-17-25(22)28)26(32)18-11-19-30(2)36(34,35)24-15-7-4-8-16-24/h4,7-10,12,15-17,21,23H,3,5-6,11,13-14,18-20H2,1-2H3,(H,29,33). The molecule has 1 fully saturated rings. The second-order valence-electron chi connectivity index (χ2n) is 9.38. The highest BCUT2D eigenvalue weighted by Crippen LogP contribution is 2.20. The molecule has 36 heavy (non-hydrogen) atoms. The third-order valence-corrected chi connectivity index (χ3v) is 8.60. The number of halogens is 1. The van der Waals surface area contributed by atoms with Crippen molar-refractivity contribution in [2.45, 2.75) is 75.4 Å². The first-order valence-electron chi connectivity index (χ1n) is 12.5. The molecule has 2 aromatic carbocycles. The molecule has 1 N–H and O–H groups in total. The molecule has 0 aromatic heterocycles. The number of carbonyl (C=O) groups is 2. The Hall–Kier alpha value is -2.78. The lowest BCUT2D eigenvalue weighted by molar-refractivity contribution is -0.141. The molecule has 0 spiro atoms. The minimum absolute atomic E-state index is 0.0319. The lowest BCUT2D eigenvalue weighted by atomic mass is 9.95. The minimum atomic E-state index is -3.66. The maximum atomic E-state index is 14.4. The predicted molar refractivity (Wildman–Crippen MR) is 137 cm³/mol. The largest absolute Gasteiger partial charge is 0.352 e. The van der Waals surface area contributed by atoms with Crippen molar-refractivity contribution in [3.8, 4) is 0 Å². The highest BCUT2D eigenvalue weighted by Gasteiger charge is 2.29. The van der Waals surface area contributed by atoms with Crippen LogP contribution in [0.3, 0.4) is 0 Å². The van der Waals surface area contributed by atoms with Crippen LogP contribution < -0.4 is 5.32 Å². The van der Waals surface area contributed by atoms with Crippen molar-refractivity contribution in [1.82, 2.24) is 14.5 Å². The zero-order chi connectivity index (χ0) is 26.1. The number of nitrogens with zero attached hydrogens (tertiary/aromatic N) is 2. The van der Waals surface area contributed by atoms with Gasteiger partial charge in [0, 0.05) is 38.2 Å². The summed E-state index contributed by atoms with van der Waals surface area (Å²) in [6.45, 7) is 1.75. The highest BCUT2D eigenvalue weighted by atomic mass is 32.2. The van der Waals surface area contributed by atoms with Crippen LogP contribution in [0.15, 0.2) is 59.5 Å². The van der Waals surface area contributed by atoms with Gasteiger partial charge in [0.25, 0.3) is 0 Å². The fourth-order valence-corrected chi connectivity index (χ4v) is 5.68. The number of hydrogen-bond donors (Lipinski definition) is 1. The molecule has 0 radical (unpaired) electrons. The van der Waals surface area contributed by atoms with Gasteiger partial charge in [-0.3, -0.25) is 9.59 Å². The Balaban J connectivity index is 1.66. The van der Waals surface area contributed by atoms with Gasteiger partial charge in [0.15, 0.2) is 0 Å². The summed E-state index contributed by atoms with van der Waals surface area (Å²) in [5.41, 5.74) is 0.326. The molecule has 7 nitrogen and oxygen atoms in total. The maximum Gasteiger partial charge on any atom is 0.242 e. The average Bonchev–Trinajstić information content (AvgIpc) is 2.88. The van der Waals surface area contributed by atoms with Crippen LogP contribution in [0.2, 0.25) is 0 Å². The normalized spacial score (nSPS) is 15.4. The average molecular weight is 518 g/mol. The number of benzene rings is 2. The monoisotopic (exact) mass is 517 g/mol. The predicted octanol–water partition coefficient (Wildman–Crippen LogP) is 4.09. The van der Waals surface area contributed by atoms with Gasteiger partial charge < -0.3 is 10.2 Å². The van der Waals surface area contributed by atoms with E-state index in [1.54, 1.807) is 43.3 Å². The molecule has 196 valence electrons. The summed E-state index contributed by atoms with van der Waals surface area (Å²) in [4.78, 5) is 27.8. The van der Waals surface area contributed by atoms with Crippen molar-refractivity contribution < 1.29 is 22.4 Å². The van der Waals surface area contributed by atoms with Gasteiger partial charge in [-0.05, 0) is 44.4 Å². The lowest BCUT2D eigenvalue weighted by Crippen LogP contribution is -2.50. The van der Waals surface area contributed by atoms with Gasteiger partial charge in [-0.25, -0.2) is 17.1 Å². The van der Waals surface area contributed by atoms with Gasteiger partial charge in [0.2, 0.25) is 21.8 Å². The van der Waals surface area contributed by atoms with Gasteiger partial charge in [-0.1, -0.05) is 55.7 Å². The number of hydrogen-bond acceptors (Lipinski definition) is 4. The van der Waals surface area contributed by atoms with E-state index < -0.39 is 21.9 Å². The van der Waals surface area contributed by atoms with E-state index in [4.69, 9.17) is 0 Å². The second-order valence-corrected chi connectivity index (χ2v) is 11.4. The number of carbonyl (C=O) groups excluding carboxylic acids is 2. The molecule has 1 aliphatic rings. The van der Waals surface area contributed by atoms with Crippen LogP contribution in [0.25, 0.3) is 0 Å². The molecule has 2 aromatic rings. The highest BCUT2D eigenvalue weighted by molar-refractivity contribution is 7.89. The summed E-state index contributed by atoms with van der Waals surface area (Å²) in [5, 5.41) is 3.05. The van der Waals surface area contributed by atoms with Crippen LogP contribution in [0, 0.1) is 5.82 Å². The molecule has 0 bridgehead atoms. The zero-order valence-electron chi connectivity index (χ0n) is 21.0. The Morgan fingerprint density at radius 2 is 1.67 bits per heavy atom. The zero-order valence-corrected chi connectivity index (χ0v) is 21.8. The van der Waals surface area contributed by atoms with Crippen molar-refractivity contribution in [3.05, 3.63) is 66.0 Å². The van der Waals surface area contributed by atoms with E-state index in [0.717, 1.165) is 32.1 Å². The lowest BCUT2D eigenvalue weighted by Gasteiger charge is -2.31. The van der Waals surface area contributed by atoms with Crippen LogP contribution in [0.4, 0.5) is 4.39 Å². The number of amides is 2. The summed E-state index contributed by atoms with van der Waals surface area (Å²) in [6.07, 6.45) is 5.43. The molecule has 0 saturated heterocycles. The molecule has 0 heterocycles. The van der Waals surface area contributed by atoms with Crippen LogP contribution in [-0.2, 0) is 26.2 Å².